The van der Waals surface area contributed by atoms with Crippen LogP contribution < -0.4 is 10.1 Å². The number of hydrogen-bond donors (Lipinski definition) is 1. The van der Waals surface area contributed by atoms with E-state index in [0.29, 0.717) is 11.0 Å². The molecule has 1 unspecified atom stereocenters. The monoisotopic (exact) mass is 375 g/mol. The van der Waals surface area contributed by atoms with Crippen LogP contribution in [0.2, 0.25) is 5.02 Å². The van der Waals surface area contributed by atoms with Crippen LogP contribution in [0.3, 0.4) is 0 Å². The highest BCUT2D eigenvalue weighted by molar-refractivity contribution is 6.30. The van der Waals surface area contributed by atoms with E-state index >= 15 is 0 Å². The third kappa shape index (κ3) is 3.23. The summed E-state index contributed by atoms with van der Waals surface area (Å²) < 4.78 is 30.6. The van der Waals surface area contributed by atoms with Crippen LogP contribution in [0.15, 0.2) is 54.6 Å². The maximum Gasteiger partial charge on any atom is 0.387 e. The van der Waals surface area contributed by atoms with Crippen LogP contribution in [0.25, 0.3) is 5.70 Å². The largest absolute Gasteiger partial charge is 0.435 e. The fourth-order valence-electron chi connectivity index (χ4n) is 2.74. The van der Waals surface area contributed by atoms with E-state index in [0.717, 1.165) is 16.8 Å². The zero-order valence-corrected chi connectivity index (χ0v) is 13.9. The summed E-state index contributed by atoms with van der Waals surface area (Å²) in [5.74, 6) is 0.578. The lowest BCUT2D eigenvalue weighted by molar-refractivity contribution is -0.0498. The van der Waals surface area contributed by atoms with Crippen molar-refractivity contribution in [2.75, 3.05) is 5.32 Å². The van der Waals surface area contributed by atoms with Gasteiger partial charge in [0.15, 0.2) is 0 Å². The number of nitrogens with zero attached hydrogens (tertiary/aromatic N) is 4. The van der Waals surface area contributed by atoms with Crippen LogP contribution in [-0.4, -0.2) is 26.8 Å². The third-order valence-corrected chi connectivity index (χ3v) is 4.18. The van der Waals surface area contributed by atoms with Gasteiger partial charge in [-0.2, -0.15) is 13.5 Å². The molecule has 0 aliphatic carbocycles. The highest BCUT2D eigenvalue weighted by atomic mass is 35.5. The first-order chi connectivity index (χ1) is 12.6. The lowest BCUT2D eigenvalue weighted by Gasteiger charge is -2.23. The number of tetrazole rings is 1. The Kier molecular flexibility index (Phi) is 4.26. The van der Waals surface area contributed by atoms with Crippen molar-refractivity contribution in [2.45, 2.75) is 12.7 Å². The first-order valence-electron chi connectivity index (χ1n) is 7.67. The number of halogens is 3. The Bertz CT molecular complexity index is 941. The molecule has 6 nitrogen and oxygen atoms in total. The number of benzene rings is 2. The van der Waals surface area contributed by atoms with Gasteiger partial charge in [0.05, 0.1) is 0 Å². The zero-order valence-electron chi connectivity index (χ0n) is 13.2. The molecule has 1 N–H and O–H groups in total. The van der Waals surface area contributed by atoms with E-state index in [-0.39, 0.29) is 11.8 Å². The standard InChI is InChI=1S/C17H12ClF2N5O/c18-12-5-1-11(2-6-12)15-9-14(21-17-22-23-24-25(15)17)10-3-7-13(8-4-10)26-16(19)20/h1-9,15-16H,(H,21,22,24). The van der Waals surface area contributed by atoms with Crippen molar-refractivity contribution in [3.63, 3.8) is 0 Å². The van der Waals surface area contributed by atoms with Crippen molar-refractivity contribution in [3.05, 3.63) is 70.8 Å². The van der Waals surface area contributed by atoms with E-state index in [1.807, 2.05) is 18.2 Å². The van der Waals surface area contributed by atoms with Gasteiger partial charge < -0.3 is 10.1 Å². The molecule has 1 atom stereocenters. The van der Waals surface area contributed by atoms with Crippen LogP contribution in [0, 0.1) is 0 Å². The number of ether oxygens (including phenoxy) is 1. The van der Waals surface area contributed by atoms with E-state index in [1.54, 1.807) is 28.9 Å². The van der Waals surface area contributed by atoms with E-state index in [2.05, 4.69) is 25.6 Å². The predicted octanol–water partition coefficient (Wildman–Crippen LogP) is 3.98. The van der Waals surface area contributed by atoms with Gasteiger partial charge in [-0.3, -0.25) is 0 Å². The molecule has 1 aliphatic heterocycles. The van der Waals surface area contributed by atoms with Crippen LogP contribution in [0.1, 0.15) is 17.2 Å². The highest BCUT2D eigenvalue weighted by Gasteiger charge is 2.24. The van der Waals surface area contributed by atoms with E-state index in [9.17, 15) is 8.78 Å². The second-order valence-electron chi connectivity index (χ2n) is 5.55. The maximum absolute atomic E-state index is 12.3. The van der Waals surface area contributed by atoms with Gasteiger partial charge in [0.1, 0.15) is 11.8 Å². The fraction of sp³-hybridized carbons (Fsp3) is 0.118. The number of alkyl halides is 2. The van der Waals surface area contributed by atoms with E-state index < -0.39 is 6.61 Å². The minimum atomic E-state index is -2.85. The molecule has 0 saturated heterocycles. The molecule has 0 bridgehead atoms. The van der Waals surface area contributed by atoms with Gasteiger partial charge in [0, 0.05) is 10.7 Å². The Morgan fingerprint density at radius 2 is 1.81 bits per heavy atom. The van der Waals surface area contributed by atoms with Gasteiger partial charge in [-0.1, -0.05) is 28.8 Å². The molecule has 1 aliphatic rings. The number of aromatic nitrogens is 4. The Morgan fingerprint density at radius 3 is 2.50 bits per heavy atom. The van der Waals surface area contributed by atoms with Crippen LogP contribution in [0.4, 0.5) is 14.7 Å². The van der Waals surface area contributed by atoms with Gasteiger partial charge >= 0.3 is 6.61 Å². The smallest absolute Gasteiger partial charge is 0.387 e. The molecular weight excluding hydrogens is 364 g/mol. The molecule has 2 aromatic carbocycles. The second-order valence-corrected chi connectivity index (χ2v) is 5.99. The summed E-state index contributed by atoms with van der Waals surface area (Å²) in [5.41, 5.74) is 2.51. The Labute approximate surface area is 152 Å². The van der Waals surface area contributed by atoms with Crippen LogP contribution in [0.5, 0.6) is 5.75 Å². The third-order valence-electron chi connectivity index (χ3n) is 3.93. The van der Waals surface area contributed by atoms with E-state index in [1.165, 1.54) is 12.1 Å². The number of anilines is 1. The molecule has 132 valence electrons. The molecule has 3 aromatic rings. The SMILES string of the molecule is FC(F)Oc1ccc(C2=CC(c3ccc(Cl)cc3)n3nnnc3N2)cc1. The molecule has 1 aromatic heterocycles. The summed E-state index contributed by atoms with van der Waals surface area (Å²) in [6, 6.07) is 13.5. The van der Waals surface area contributed by atoms with E-state index in [4.69, 9.17) is 11.6 Å². The van der Waals surface area contributed by atoms with Crippen LogP contribution >= 0.6 is 11.6 Å². The minimum Gasteiger partial charge on any atom is -0.435 e. The summed E-state index contributed by atoms with van der Waals surface area (Å²) in [7, 11) is 0. The van der Waals surface area contributed by atoms with Gasteiger partial charge in [0.25, 0.3) is 0 Å². The molecular formula is C17H12ClF2N5O. The number of nitrogens with one attached hydrogen (secondary N) is 1. The normalized spacial score (nSPS) is 16.0. The zero-order chi connectivity index (χ0) is 18.1. The quantitative estimate of drug-likeness (QED) is 0.747. The summed E-state index contributed by atoms with van der Waals surface area (Å²) in [6.07, 6.45) is 1.95. The minimum absolute atomic E-state index is 0.0965. The Morgan fingerprint density at radius 1 is 1.08 bits per heavy atom. The summed E-state index contributed by atoms with van der Waals surface area (Å²) in [4.78, 5) is 0. The number of allylic oxidation sites excluding steroid dienone is 1. The molecule has 26 heavy (non-hydrogen) atoms. The molecule has 0 amide bonds. The van der Waals surface area contributed by atoms with Crippen LogP contribution in [-0.2, 0) is 0 Å². The lowest BCUT2D eigenvalue weighted by atomic mass is 10.0. The molecule has 0 fully saturated rings. The van der Waals surface area contributed by atoms with Gasteiger partial charge in [-0.25, -0.2) is 0 Å². The van der Waals surface area contributed by atoms with Crippen molar-refractivity contribution in [2.24, 2.45) is 0 Å². The predicted molar refractivity (Wildman–Crippen MR) is 92.1 cm³/mol. The van der Waals surface area contributed by atoms with Crippen molar-refractivity contribution in [1.29, 1.82) is 0 Å². The number of rotatable bonds is 4. The van der Waals surface area contributed by atoms with Gasteiger partial charge in [-0.05, 0) is 64.0 Å². The number of fused-ring (bicyclic) bond motifs is 1. The van der Waals surface area contributed by atoms with Crippen molar-refractivity contribution >= 4 is 23.2 Å². The molecule has 0 spiro atoms. The topological polar surface area (TPSA) is 64.9 Å². The second kappa shape index (κ2) is 6.72. The summed E-state index contributed by atoms with van der Waals surface area (Å²) >= 11 is 5.96. The van der Waals surface area contributed by atoms with Crippen molar-refractivity contribution in [1.82, 2.24) is 20.2 Å². The molecule has 0 radical (unpaired) electrons. The average Bonchev–Trinajstić information content (AvgIpc) is 3.10. The Balaban J connectivity index is 1.69. The average molecular weight is 376 g/mol. The maximum atomic E-state index is 12.3. The lowest BCUT2D eigenvalue weighted by Crippen LogP contribution is -2.20. The Hall–Kier alpha value is -3.00. The molecule has 2 heterocycles. The summed E-state index contributed by atoms with van der Waals surface area (Å²) in [6.45, 7) is -2.85. The molecule has 9 heteroatoms. The molecule has 0 saturated carbocycles. The first kappa shape index (κ1) is 16.5. The highest BCUT2D eigenvalue weighted by Crippen LogP contribution is 2.32. The first-order valence-corrected chi connectivity index (χ1v) is 8.05. The van der Waals surface area contributed by atoms with Crippen molar-refractivity contribution < 1.29 is 13.5 Å². The fourth-order valence-corrected chi connectivity index (χ4v) is 2.86. The van der Waals surface area contributed by atoms with Gasteiger partial charge in [0.2, 0.25) is 5.95 Å². The summed E-state index contributed by atoms with van der Waals surface area (Å²) in [5, 5.41) is 15.5. The van der Waals surface area contributed by atoms with Crippen molar-refractivity contribution in [3.8, 4) is 5.75 Å². The van der Waals surface area contributed by atoms with Gasteiger partial charge in [-0.15, -0.1) is 0 Å². The molecule has 4 rings (SSSR count). The number of hydrogen-bond acceptors (Lipinski definition) is 5.